The summed E-state index contributed by atoms with van der Waals surface area (Å²) in [6.07, 6.45) is 0. The molecule has 27 heavy (non-hydrogen) atoms. The van der Waals surface area contributed by atoms with Gasteiger partial charge in [-0.2, -0.15) is 0 Å². The molecule has 0 radical (unpaired) electrons. The Labute approximate surface area is 160 Å². The van der Waals surface area contributed by atoms with Gasteiger partial charge in [-0.05, 0) is 31.2 Å². The summed E-state index contributed by atoms with van der Waals surface area (Å²) in [5.41, 5.74) is 3.11. The van der Waals surface area contributed by atoms with E-state index in [-0.39, 0.29) is 18.0 Å². The zero-order chi connectivity index (χ0) is 19.1. The summed E-state index contributed by atoms with van der Waals surface area (Å²) in [7, 11) is 1.62. The SMILES string of the molecule is COc1ccc(NC(=O)[C@@H](C)[NH2+]C(c2ccccc2)c2ccccc2)cc1. The minimum absolute atomic E-state index is 0.0305. The highest BCUT2D eigenvalue weighted by Crippen LogP contribution is 2.18. The zero-order valence-corrected chi connectivity index (χ0v) is 15.6. The number of carbonyl (C=O) groups excluding carboxylic acids is 1. The Bertz CT molecular complexity index is 809. The zero-order valence-electron chi connectivity index (χ0n) is 15.6. The van der Waals surface area contributed by atoms with Crippen molar-refractivity contribution in [2.24, 2.45) is 0 Å². The van der Waals surface area contributed by atoms with Crippen LogP contribution >= 0.6 is 0 Å². The lowest BCUT2D eigenvalue weighted by molar-refractivity contribution is -0.704. The number of hydrogen-bond donors (Lipinski definition) is 2. The average molecular weight is 361 g/mol. The van der Waals surface area contributed by atoms with E-state index in [1.54, 1.807) is 7.11 Å². The van der Waals surface area contributed by atoms with Crippen LogP contribution in [0.4, 0.5) is 5.69 Å². The summed E-state index contributed by atoms with van der Waals surface area (Å²) in [5.74, 6) is 0.734. The predicted molar refractivity (Wildman–Crippen MR) is 108 cm³/mol. The van der Waals surface area contributed by atoms with Crippen molar-refractivity contribution in [1.29, 1.82) is 0 Å². The van der Waals surface area contributed by atoms with Crippen LogP contribution in [0.3, 0.4) is 0 Å². The Morgan fingerprint density at radius 1 is 0.852 bits per heavy atom. The van der Waals surface area contributed by atoms with Gasteiger partial charge in [0.25, 0.3) is 5.91 Å². The average Bonchev–Trinajstić information content (AvgIpc) is 2.73. The normalized spacial score (nSPS) is 11.8. The first-order valence-electron chi connectivity index (χ1n) is 9.07. The third-order valence-corrected chi connectivity index (χ3v) is 4.57. The van der Waals surface area contributed by atoms with E-state index >= 15 is 0 Å². The molecule has 0 bridgehead atoms. The number of quaternary nitrogens is 1. The predicted octanol–water partition coefficient (Wildman–Crippen LogP) is 3.38. The molecular weight excluding hydrogens is 336 g/mol. The van der Waals surface area contributed by atoms with Crippen LogP contribution in [-0.2, 0) is 4.79 Å². The van der Waals surface area contributed by atoms with Gasteiger partial charge in [0.1, 0.15) is 11.8 Å². The number of nitrogens with one attached hydrogen (secondary N) is 1. The van der Waals surface area contributed by atoms with Gasteiger partial charge in [-0.15, -0.1) is 0 Å². The van der Waals surface area contributed by atoms with Crippen LogP contribution in [0, 0.1) is 0 Å². The van der Waals surface area contributed by atoms with Gasteiger partial charge in [0, 0.05) is 16.8 Å². The van der Waals surface area contributed by atoms with Crippen LogP contribution in [0.5, 0.6) is 5.75 Å². The fourth-order valence-corrected chi connectivity index (χ4v) is 3.04. The lowest BCUT2D eigenvalue weighted by Crippen LogP contribution is -2.92. The first kappa shape index (κ1) is 18.7. The fraction of sp³-hybridized carbons (Fsp3) is 0.174. The van der Waals surface area contributed by atoms with Crippen molar-refractivity contribution in [2.75, 3.05) is 12.4 Å². The van der Waals surface area contributed by atoms with Gasteiger partial charge in [-0.3, -0.25) is 4.79 Å². The van der Waals surface area contributed by atoms with Gasteiger partial charge in [0.15, 0.2) is 6.04 Å². The first-order valence-corrected chi connectivity index (χ1v) is 9.07. The molecule has 0 saturated heterocycles. The summed E-state index contributed by atoms with van der Waals surface area (Å²) in [4.78, 5) is 12.7. The summed E-state index contributed by atoms with van der Waals surface area (Å²) in [5, 5.41) is 5.08. The van der Waals surface area contributed by atoms with E-state index in [4.69, 9.17) is 4.74 Å². The summed E-state index contributed by atoms with van der Waals surface area (Å²) in [6, 6.07) is 27.7. The highest BCUT2D eigenvalue weighted by molar-refractivity contribution is 5.93. The Kier molecular flexibility index (Phi) is 6.23. The molecular formula is C23H25N2O2+. The number of benzene rings is 3. The van der Waals surface area contributed by atoms with Crippen molar-refractivity contribution >= 4 is 11.6 Å². The quantitative estimate of drug-likeness (QED) is 0.678. The van der Waals surface area contributed by atoms with Crippen LogP contribution < -0.4 is 15.4 Å². The lowest BCUT2D eigenvalue weighted by atomic mass is 9.98. The summed E-state index contributed by atoms with van der Waals surface area (Å²) < 4.78 is 5.15. The van der Waals surface area contributed by atoms with Crippen LogP contribution in [-0.4, -0.2) is 19.1 Å². The standard InChI is InChI=1S/C23H24N2O2/c1-17(23(26)25-20-13-15-21(27-2)16-14-20)24-22(18-9-5-3-6-10-18)19-11-7-4-8-12-19/h3-17,22,24H,1-2H3,(H,25,26)/p+1/t17-/m1/s1. The highest BCUT2D eigenvalue weighted by Gasteiger charge is 2.24. The number of carbonyl (C=O) groups is 1. The number of anilines is 1. The van der Waals surface area contributed by atoms with E-state index < -0.39 is 0 Å². The maximum Gasteiger partial charge on any atom is 0.282 e. The van der Waals surface area contributed by atoms with Gasteiger partial charge < -0.3 is 15.4 Å². The number of methoxy groups -OCH3 is 1. The molecule has 3 aromatic rings. The lowest BCUT2D eigenvalue weighted by Gasteiger charge is -2.20. The van der Waals surface area contributed by atoms with Crippen molar-refractivity contribution in [3.63, 3.8) is 0 Å². The summed E-state index contributed by atoms with van der Waals surface area (Å²) >= 11 is 0. The van der Waals surface area contributed by atoms with E-state index in [0.717, 1.165) is 11.4 Å². The van der Waals surface area contributed by atoms with E-state index in [9.17, 15) is 4.79 Å². The number of hydrogen-bond acceptors (Lipinski definition) is 2. The van der Waals surface area contributed by atoms with Crippen molar-refractivity contribution in [3.8, 4) is 5.75 Å². The van der Waals surface area contributed by atoms with E-state index in [1.807, 2.05) is 67.6 Å². The third-order valence-electron chi connectivity index (χ3n) is 4.57. The molecule has 0 saturated carbocycles. The molecule has 1 amide bonds. The number of rotatable bonds is 7. The van der Waals surface area contributed by atoms with Gasteiger partial charge in [-0.1, -0.05) is 60.7 Å². The third kappa shape index (κ3) is 4.96. The molecule has 3 rings (SSSR count). The van der Waals surface area contributed by atoms with Crippen molar-refractivity contribution in [2.45, 2.75) is 19.0 Å². The Morgan fingerprint density at radius 2 is 1.37 bits per heavy atom. The molecule has 138 valence electrons. The molecule has 0 fully saturated rings. The number of amides is 1. The fourth-order valence-electron chi connectivity index (χ4n) is 3.04. The molecule has 0 aliphatic carbocycles. The molecule has 1 atom stereocenters. The van der Waals surface area contributed by atoms with E-state index in [1.165, 1.54) is 11.1 Å². The molecule has 0 unspecified atom stereocenters. The Balaban J connectivity index is 1.73. The molecule has 0 aromatic heterocycles. The topological polar surface area (TPSA) is 54.9 Å². The minimum Gasteiger partial charge on any atom is -0.497 e. The molecule has 4 heteroatoms. The Hall–Kier alpha value is -3.11. The largest absolute Gasteiger partial charge is 0.497 e. The van der Waals surface area contributed by atoms with Crippen molar-refractivity contribution < 1.29 is 14.8 Å². The van der Waals surface area contributed by atoms with Gasteiger partial charge in [0.2, 0.25) is 0 Å². The molecule has 0 spiro atoms. The van der Waals surface area contributed by atoms with E-state index in [2.05, 4.69) is 34.9 Å². The second kappa shape index (κ2) is 9.01. The number of ether oxygens (including phenoxy) is 1. The van der Waals surface area contributed by atoms with Crippen LogP contribution in [0.2, 0.25) is 0 Å². The van der Waals surface area contributed by atoms with Gasteiger partial charge in [0.05, 0.1) is 7.11 Å². The Morgan fingerprint density at radius 3 is 1.85 bits per heavy atom. The molecule has 0 aliphatic rings. The minimum atomic E-state index is -0.252. The second-order valence-corrected chi connectivity index (χ2v) is 6.50. The molecule has 3 aromatic carbocycles. The van der Waals surface area contributed by atoms with Gasteiger partial charge >= 0.3 is 0 Å². The maximum absolute atomic E-state index is 12.7. The van der Waals surface area contributed by atoms with Crippen molar-refractivity contribution in [3.05, 3.63) is 96.1 Å². The monoisotopic (exact) mass is 361 g/mol. The van der Waals surface area contributed by atoms with Gasteiger partial charge in [-0.25, -0.2) is 0 Å². The van der Waals surface area contributed by atoms with Crippen molar-refractivity contribution in [1.82, 2.24) is 0 Å². The smallest absolute Gasteiger partial charge is 0.282 e. The second-order valence-electron chi connectivity index (χ2n) is 6.50. The maximum atomic E-state index is 12.7. The van der Waals surface area contributed by atoms with Crippen LogP contribution in [0.1, 0.15) is 24.1 Å². The van der Waals surface area contributed by atoms with Crippen LogP contribution in [0.15, 0.2) is 84.9 Å². The molecule has 3 N–H and O–H groups in total. The van der Waals surface area contributed by atoms with E-state index in [0.29, 0.717) is 0 Å². The summed E-state index contributed by atoms with van der Waals surface area (Å²) in [6.45, 7) is 1.93. The number of nitrogens with two attached hydrogens (primary N) is 1. The van der Waals surface area contributed by atoms with Crippen LogP contribution in [0.25, 0.3) is 0 Å². The molecule has 4 nitrogen and oxygen atoms in total. The molecule has 0 aliphatic heterocycles. The molecule has 0 heterocycles. The highest BCUT2D eigenvalue weighted by atomic mass is 16.5. The first-order chi connectivity index (χ1) is 13.2.